The zero-order chi connectivity index (χ0) is 25.4. The summed E-state index contributed by atoms with van der Waals surface area (Å²) in [5.74, 6) is 0.310. The Morgan fingerprint density at radius 1 is 1.14 bits per heavy atom. The van der Waals surface area contributed by atoms with Crippen LogP contribution in [0.5, 0.6) is 0 Å². The highest BCUT2D eigenvalue weighted by Crippen LogP contribution is 2.37. The highest BCUT2D eigenvalue weighted by atomic mass is 19.4. The molecule has 0 radical (unpaired) electrons. The molecule has 7 nitrogen and oxygen atoms in total. The number of aromatic nitrogens is 2. The van der Waals surface area contributed by atoms with E-state index >= 15 is 0 Å². The molecular formula is C25H34F3N5O2. The summed E-state index contributed by atoms with van der Waals surface area (Å²) in [6.07, 6.45) is 0.649. The molecule has 35 heavy (non-hydrogen) atoms. The lowest BCUT2D eigenvalue weighted by Gasteiger charge is -2.47. The molecule has 1 aromatic carbocycles. The minimum Gasteiger partial charge on any atom is -0.392 e. The maximum Gasteiger partial charge on any atom is 0.416 e. The van der Waals surface area contributed by atoms with E-state index in [-0.39, 0.29) is 41.2 Å². The molecular weight excluding hydrogens is 459 g/mol. The predicted octanol–water partition coefficient (Wildman–Crippen LogP) is 3.83. The van der Waals surface area contributed by atoms with E-state index in [0.29, 0.717) is 17.5 Å². The molecule has 4 rings (SSSR count). The van der Waals surface area contributed by atoms with Crippen molar-refractivity contribution in [3.63, 3.8) is 0 Å². The first kappa shape index (κ1) is 25.6. The average Bonchev–Trinajstić information content (AvgIpc) is 2.78. The van der Waals surface area contributed by atoms with Gasteiger partial charge in [-0.15, -0.1) is 0 Å². The van der Waals surface area contributed by atoms with Crippen molar-refractivity contribution in [3.8, 4) is 0 Å². The zero-order valence-electron chi connectivity index (χ0n) is 20.4. The van der Waals surface area contributed by atoms with Crippen LogP contribution in [0.3, 0.4) is 0 Å². The Hall–Kier alpha value is -2.46. The second-order valence-electron chi connectivity index (χ2n) is 10.9. The quantitative estimate of drug-likeness (QED) is 0.567. The molecule has 2 aliphatic rings. The minimum absolute atomic E-state index is 0.0566. The Kier molecular flexibility index (Phi) is 7.24. The molecule has 1 unspecified atom stereocenters. The van der Waals surface area contributed by atoms with Crippen molar-refractivity contribution < 1.29 is 23.1 Å². The highest BCUT2D eigenvalue weighted by molar-refractivity contribution is 5.91. The summed E-state index contributed by atoms with van der Waals surface area (Å²) in [6.45, 7) is 7.72. The monoisotopic (exact) mass is 493 g/mol. The number of aliphatic hydroxyl groups is 1. The number of amides is 1. The fraction of sp³-hybridized carbons (Fsp3) is 0.640. The molecule has 1 saturated heterocycles. The molecule has 2 aromatic rings. The number of benzene rings is 1. The van der Waals surface area contributed by atoms with Gasteiger partial charge in [-0.3, -0.25) is 9.69 Å². The number of rotatable bonds is 6. The smallest absolute Gasteiger partial charge is 0.392 e. The lowest BCUT2D eigenvalue weighted by molar-refractivity contribution is -0.137. The van der Waals surface area contributed by atoms with Crippen LogP contribution in [-0.2, 0) is 11.0 Å². The van der Waals surface area contributed by atoms with Crippen molar-refractivity contribution in [2.75, 3.05) is 25.0 Å². The third-order valence-corrected chi connectivity index (χ3v) is 7.25. The average molecular weight is 494 g/mol. The number of carbonyl (C=O) groups is 1. The van der Waals surface area contributed by atoms with Crippen LogP contribution in [0.2, 0.25) is 0 Å². The van der Waals surface area contributed by atoms with Crippen LogP contribution in [0.1, 0.15) is 52.0 Å². The van der Waals surface area contributed by atoms with Crippen molar-refractivity contribution in [2.24, 2.45) is 11.3 Å². The van der Waals surface area contributed by atoms with Crippen molar-refractivity contribution in [1.82, 2.24) is 20.2 Å². The molecule has 3 N–H and O–H groups in total. The van der Waals surface area contributed by atoms with Crippen molar-refractivity contribution in [1.29, 1.82) is 0 Å². The minimum atomic E-state index is -4.47. The molecule has 1 aliphatic carbocycles. The van der Waals surface area contributed by atoms with Gasteiger partial charge in [-0.25, -0.2) is 9.97 Å². The molecule has 1 saturated carbocycles. The maximum atomic E-state index is 13.1. The molecule has 192 valence electrons. The first-order chi connectivity index (χ1) is 16.4. The van der Waals surface area contributed by atoms with Crippen LogP contribution >= 0.6 is 0 Å². The third kappa shape index (κ3) is 6.03. The largest absolute Gasteiger partial charge is 0.416 e. The normalized spacial score (nSPS) is 23.1. The van der Waals surface area contributed by atoms with Crippen molar-refractivity contribution >= 4 is 22.6 Å². The molecule has 2 fully saturated rings. The molecule has 1 amide bonds. The van der Waals surface area contributed by atoms with Gasteiger partial charge in [-0.05, 0) is 55.2 Å². The van der Waals surface area contributed by atoms with E-state index in [9.17, 15) is 23.1 Å². The summed E-state index contributed by atoms with van der Waals surface area (Å²) >= 11 is 0. The van der Waals surface area contributed by atoms with Crippen LogP contribution in [0.4, 0.5) is 19.0 Å². The summed E-state index contributed by atoms with van der Waals surface area (Å²) < 4.78 is 39.2. The Balaban J connectivity index is 1.23. The number of aliphatic hydroxyl groups excluding tert-OH is 1. The Morgan fingerprint density at radius 3 is 2.46 bits per heavy atom. The summed E-state index contributed by atoms with van der Waals surface area (Å²) in [6, 6.07) is 3.81. The number of likely N-dealkylation sites (tertiary alicyclic amines) is 1. The van der Waals surface area contributed by atoms with E-state index in [0.717, 1.165) is 50.9 Å². The molecule has 1 aromatic heterocycles. The topological polar surface area (TPSA) is 90.4 Å². The van der Waals surface area contributed by atoms with E-state index in [2.05, 4.69) is 46.3 Å². The van der Waals surface area contributed by atoms with Gasteiger partial charge in [-0.2, -0.15) is 13.2 Å². The zero-order valence-corrected chi connectivity index (χ0v) is 20.4. The van der Waals surface area contributed by atoms with Gasteiger partial charge in [0.1, 0.15) is 12.1 Å². The lowest BCUT2D eigenvalue weighted by Crippen LogP contribution is -2.63. The van der Waals surface area contributed by atoms with Gasteiger partial charge < -0.3 is 15.7 Å². The number of nitrogens with zero attached hydrogens (tertiary/aromatic N) is 3. The van der Waals surface area contributed by atoms with Crippen LogP contribution < -0.4 is 10.6 Å². The first-order valence-corrected chi connectivity index (χ1v) is 12.2. The summed E-state index contributed by atoms with van der Waals surface area (Å²) in [7, 11) is 0. The van der Waals surface area contributed by atoms with E-state index in [1.165, 1.54) is 12.4 Å². The van der Waals surface area contributed by atoms with Crippen LogP contribution in [0, 0.1) is 11.3 Å². The number of halogens is 3. The van der Waals surface area contributed by atoms with Crippen molar-refractivity contribution in [3.05, 3.63) is 30.1 Å². The molecule has 0 spiro atoms. The van der Waals surface area contributed by atoms with E-state index in [1.807, 2.05) is 0 Å². The Labute approximate surface area is 203 Å². The van der Waals surface area contributed by atoms with E-state index in [1.54, 1.807) is 0 Å². The second-order valence-corrected chi connectivity index (χ2v) is 10.9. The number of alkyl halides is 3. The Morgan fingerprint density at radius 2 is 1.83 bits per heavy atom. The first-order valence-electron chi connectivity index (χ1n) is 12.2. The summed E-state index contributed by atoms with van der Waals surface area (Å²) in [5, 5.41) is 16.6. The van der Waals surface area contributed by atoms with Gasteiger partial charge in [-0.1, -0.05) is 20.8 Å². The van der Waals surface area contributed by atoms with Crippen LogP contribution in [0.25, 0.3) is 10.9 Å². The number of nitrogens with one attached hydrogen (secondary N) is 2. The number of hydrogen-bond donors (Lipinski definition) is 3. The van der Waals surface area contributed by atoms with Crippen LogP contribution in [0.15, 0.2) is 24.5 Å². The Bertz CT molecular complexity index is 1040. The van der Waals surface area contributed by atoms with Gasteiger partial charge in [0.05, 0.1) is 29.8 Å². The van der Waals surface area contributed by atoms with Gasteiger partial charge >= 0.3 is 6.18 Å². The molecule has 1 aliphatic heterocycles. The molecule has 1 atom stereocenters. The van der Waals surface area contributed by atoms with E-state index < -0.39 is 11.7 Å². The number of hydrogen-bond acceptors (Lipinski definition) is 6. The standard InChI is InChI=1S/C25H34F3N5O2/c1-24(2,3)22(35)15-4-7-18(8-5-15)33-12-17(13-33)32-21(34)11-29-23-19-10-16(25(26,27)28)6-9-20(19)30-14-31-23/h6,9-10,14-15,17-18,22,35H,4-5,7-8,11-13H2,1-3H3,(H,32,34)(H,29,30,31). The lowest BCUT2D eigenvalue weighted by atomic mass is 9.73. The summed E-state index contributed by atoms with van der Waals surface area (Å²) in [5.41, 5.74) is -0.518. The molecule has 2 heterocycles. The van der Waals surface area contributed by atoms with Gasteiger partial charge in [0.25, 0.3) is 0 Å². The third-order valence-electron chi connectivity index (χ3n) is 7.25. The SMILES string of the molecule is CC(C)(C)C(O)C1CCC(N2CC(NC(=O)CNc3ncnc4ccc(C(F)(F)F)cc34)C2)CC1. The molecule has 0 bridgehead atoms. The van der Waals surface area contributed by atoms with Crippen molar-refractivity contribution in [2.45, 2.75) is 70.8 Å². The summed E-state index contributed by atoms with van der Waals surface area (Å²) in [4.78, 5) is 22.8. The van der Waals surface area contributed by atoms with Gasteiger partial charge in [0, 0.05) is 24.5 Å². The fourth-order valence-corrected chi connectivity index (χ4v) is 5.21. The van der Waals surface area contributed by atoms with Gasteiger partial charge in [0.15, 0.2) is 0 Å². The molecule has 10 heteroatoms. The number of carbonyl (C=O) groups excluding carboxylic acids is 1. The van der Waals surface area contributed by atoms with Gasteiger partial charge in [0.2, 0.25) is 5.91 Å². The fourth-order valence-electron chi connectivity index (χ4n) is 5.21. The second kappa shape index (κ2) is 9.89. The maximum absolute atomic E-state index is 13.1. The van der Waals surface area contributed by atoms with Crippen LogP contribution in [-0.4, -0.2) is 63.7 Å². The number of fused-ring (bicyclic) bond motifs is 1. The number of anilines is 1. The van der Waals surface area contributed by atoms with E-state index in [4.69, 9.17) is 0 Å². The highest BCUT2D eigenvalue weighted by Gasteiger charge is 2.38. The predicted molar refractivity (Wildman–Crippen MR) is 128 cm³/mol.